The fourth-order valence-electron chi connectivity index (χ4n) is 5.16. The number of alkyl halides is 1. The summed E-state index contributed by atoms with van der Waals surface area (Å²) in [5.74, 6) is -0.986. The van der Waals surface area contributed by atoms with E-state index in [1.54, 1.807) is 43.6 Å². The first-order valence-electron chi connectivity index (χ1n) is 12.2. The highest BCUT2D eigenvalue weighted by Gasteiger charge is 2.34. The van der Waals surface area contributed by atoms with E-state index in [4.69, 9.17) is 4.74 Å². The van der Waals surface area contributed by atoms with Crippen molar-refractivity contribution in [3.05, 3.63) is 71.7 Å². The molecule has 0 amide bonds. The lowest BCUT2D eigenvalue weighted by molar-refractivity contribution is -0.146. The number of carbonyl (C=O) groups is 1. The van der Waals surface area contributed by atoms with Gasteiger partial charge in [-0.1, -0.05) is 12.1 Å². The van der Waals surface area contributed by atoms with Gasteiger partial charge >= 0.3 is 5.97 Å². The van der Waals surface area contributed by atoms with Crippen LogP contribution in [0.3, 0.4) is 0 Å². The Labute approximate surface area is 204 Å². The SMILES string of the molecule is COc1ccc2nccc([C@@H](F)CC[C@@H]3CCN(CCCc4cccc(F)c4)C[C@@H]3C(=O)O)c2c1. The molecule has 2 aromatic carbocycles. The number of aryl methyl sites for hydroxylation is 1. The summed E-state index contributed by atoms with van der Waals surface area (Å²) in [6.07, 6.45) is 3.52. The van der Waals surface area contributed by atoms with Crippen LogP contribution in [-0.4, -0.2) is 47.7 Å². The molecule has 35 heavy (non-hydrogen) atoms. The zero-order valence-corrected chi connectivity index (χ0v) is 20.0. The maximum absolute atomic E-state index is 15.4. The molecule has 186 valence electrons. The van der Waals surface area contributed by atoms with Crippen molar-refractivity contribution in [3.63, 3.8) is 0 Å². The lowest BCUT2D eigenvalue weighted by Crippen LogP contribution is -2.44. The van der Waals surface area contributed by atoms with Gasteiger partial charge in [-0.05, 0) is 98.6 Å². The summed E-state index contributed by atoms with van der Waals surface area (Å²) in [6.45, 7) is 2.03. The molecular weight excluding hydrogens is 450 g/mol. The molecule has 1 aliphatic rings. The van der Waals surface area contributed by atoms with Crippen molar-refractivity contribution in [1.29, 1.82) is 0 Å². The fraction of sp³-hybridized carbons (Fsp3) is 0.429. The van der Waals surface area contributed by atoms with E-state index in [9.17, 15) is 14.3 Å². The second-order valence-electron chi connectivity index (χ2n) is 9.36. The third-order valence-electron chi connectivity index (χ3n) is 7.10. The summed E-state index contributed by atoms with van der Waals surface area (Å²) >= 11 is 0. The normalized spacial score (nSPS) is 19.5. The lowest BCUT2D eigenvalue weighted by atomic mass is 9.81. The maximum atomic E-state index is 15.4. The number of nitrogens with zero attached hydrogens (tertiary/aromatic N) is 2. The minimum Gasteiger partial charge on any atom is -0.497 e. The molecule has 0 aliphatic carbocycles. The number of hydrogen-bond donors (Lipinski definition) is 1. The molecule has 3 aromatic rings. The molecule has 0 spiro atoms. The Balaban J connectivity index is 1.33. The van der Waals surface area contributed by atoms with Crippen LogP contribution >= 0.6 is 0 Å². The number of aromatic nitrogens is 1. The van der Waals surface area contributed by atoms with Crippen LogP contribution in [0.4, 0.5) is 8.78 Å². The van der Waals surface area contributed by atoms with Gasteiger partial charge in [0.05, 0.1) is 18.5 Å². The molecule has 0 bridgehead atoms. The van der Waals surface area contributed by atoms with Crippen molar-refractivity contribution in [3.8, 4) is 5.75 Å². The first kappa shape index (κ1) is 25.0. The minimum absolute atomic E-state index is 0.0622. The largest absolute Gasteiger partial charge is 0.497 e. The third kappa shape index (κ3) is 6.34. The zero-order valence-electron chi connectivity index (χ0n) is 20.0. The van der Waals surface area contributed by atoms with E-state index < -0.39 is 18.1 Å². The quantitative estimate of drug-likeness (QED) is 0.394. The molecule has 2 heterocycles. The van der Waals surface area contributed by atoms with Gasteiger partial charge in [0.15, 0.2) is 0 Å². The predicted molar refractivity (Wildman–Crippen MR) is 132 cm³/mol. The van der Waals surface area contributed by atoms with Crippen LogP contribution in [0.1, 0.15) is 43.0 Å². The average molecular weight is 483 g/mol. The molecule has 1 N–H and O–H groups in total. The highest BCUT2D eigenvalue weighted by molar-refractivity contribution is 5.83. The number of rotatable bonds is 10. The molecule has 0 saturated carbocycles. The number of piperidine rings is 1. The standard InChI is InChI=1S/C28H32F2N2O3/c1-35-22-8-10-27-24(17-22)23(11-13-31-27)26(30)9-7-20-12-15-32(18-25(20)28(33)34)14-3-5-19-4-2-6-21(29)16-19/h2,4,6,8,10-11,13,16-17,20,25-26H,3,5,7,9,12,14-15,18H2,1H3,(H,33,34)/t20-,25+,26+/m1/s1. The Morgan fingerprint density at radius 3 is 2.89 bits per heavy atom. The van der Waals surface area contributed by atoms with Crippen molar-refractivity contribution in [2.24, 2.45) is 11.8 Å². The topological polar surface area (TPSA) is 62.7 Å². The first-order valence-corrected chi connectivity index (χ1v) is 12.2. The van der Waals surface area contributed by atoms with E-state index in [0.717, 1.165) is 43.3 Å². The summed E-state index contributed by atoms with van der Waals surface area (Å²) in [5, 5.41) is 10.6. The molecule has 4 rings (SSSR count). The molecule has 5 nitrogen and oxygen atoms in total. The van der Waals surface area contributed by atoms with Gasteiger partial charge in [0.2, 0.25) is 0 Å². The van der Waals surface area contributed by atoms with Gasteiger partial charge in [-0.3, -0.25) is 9.78 Å². The summed E-state index contributed by atoms with van der Waals surface area (Å²) in [5.41, 5.74) is 2.22. The number of pyridine rings is 1. The predicted octanol–water partition coefficient (Wildman–Crippen LogP) is 5.83. The Hall–Kier alpha value is -3.06. The highest BCUT2D eigenvalue weighted by Crippen LogP contribution is 2.35. The van der Waals surface area contributed by atoms with Crippen LogP contribution in [-0.2, 0) is 11.2 Å². The number of aliphatic carboxylic acids is 1. The van der Waals surface area contributed by atoms with Gasteiger partial charge < -0.3 is 14.7 Å². The van der Waals surface area contributed by atoms with Gasteiger partial charge in [-0.2, -0.15) is 0 Å². The average Bonchev–Trinajstić information content (AvgIpc) is 2.87. The van der Waals surface area contributed by atoms with E-state index in [2.05, 4.69) is 9.88 Å². The van der Waals surface area contributed by atoms with Crippen LogP contribution in [0.5, 0.6) is 5.75 Å². The molecular formula is C28H32F2N2O3. The summed E-state index contributed by atoms with van der Waals surface area (Å²) in [7, 11) is 1.57. The van der Waals surface area contributed by atoms with Crippen LogP contribution in [0.2, 0.25) is 0 Å². The summed E-state index contributed by atoms with van der Waals surface area (Å²) < 4.78 is 34.0. The van der Waals surface area contributed by atoms with Crippen molar-refractivity contribution >= 4 is 16.9 Å². The number of benzene rings is 2. The number of ether oxygens (including phenoxy) is 1. The van der Waals surface area contributed by atoms with Crippen molar-refractivity contribution < 1.29 is 23.4 Å². The number of carboxylic acid groups (broad SMARTS) is 1. The number of halogens is 2. The minimum atomic E-state index is -1.20. The Kier molecular flexibility index (Phi) is 8.29. The van der Waals surface area contributed by atoms with E-state index in [1.165, 1.54) is 6.07 Å². The molecule has 1 aromatic heterocycles. The van der Waals surface area contributed by atoms with E-state index in [0.29, 0.717) is 29.8 Å². The van der Waals surface area contributed by atoms with Gasteiger partial charge in [-0.15, -0.1) is 0 Å². The van der Waals surface area contributed by atoms with Crippen LogP contribution in [0.15, 0.2) is 54.7 Å². The molecule has 0 radical (unpaired) electrons. The molecule has 0 unspecified atom stereocenters. The second-order valence-corrected chi connectivity index (χ2v) is 9.36. The van der Waals surface area contributed by atoms with Gasteiger partial charge in [0, 0.05) is 18.1 Å². The number of methoxy groups -OCH3 is 1. The van der Waals surface area contributed by atoms with Gasteiger partial charge in [0.1, 0.15) is 17.7 Å². The molecule has 3 atom stereocenters. The van der Waals surface area contributed by atoms with Crippen LogP contribution in [0.25, 0.3) is 10.9 Å². The maximum Gasteiger partial charge on any atom is 0.308 e. The molecule has 7 heteroatoms. The molecule has 1 aliphatic heterocycles. The smallest absolute Gasteiger partial charge is 0.308 e. The summed E-state index contributed by atoms with van der Waals surface area (Å²) in [4.78, 5) is 18.5. The summed E-state index contributed by atoms with van der Waals surface area (Å²) in [6, 6.07) is 13.7. The highest BCUT2D eigenvalue weighted by atomic mass is 19.1. The molecule has 1 fully saturated rings. The molecule has 1 saturated heterocycles. The van der Waals surface area contributed by atoms with E-state index >= 15 is 4.39 Å². The Morgan fingerprint density at radius 2 is 2.11 bits per heavy atom. The fourth-order valence-corrected chi connectivity index (χ4v) is 5.16. The number of fused-ring (bicyclic) bond motifs is 1. The number of likely N-dealkylation sites (tertiary alicyclic amines) is 1. The zero-order chi connectivity index (χ0) is 24.8. The second kappa shape index (κ2) is 11.6. The Morgan fingerprint density at radius 1 is 1.26 bits per heavy atom. The van der Waals surface area contributed by atoms with Crippen molar-refractivity contribution in [1.82, 2.24) is 9.88 Å². The van der Waals surface area contributed by atoms with Crippen molar-refractivity contribution in [2.45, 2.75) is 38.3 Å². The lowest BCUT2D eigenvalue weighted by Gasteiger charge is -2.37. The number of carboxylic acids is 1. The van der Waals surface area contributed by atoms with Crippen LogP contribution in [0, 0.1) is 17.7 Å². The third-order valence-corrected chi connectivity index (χ3v) is 7.10. The van der Waals surface area contributed by atoms with E-state index in [1.807, 2.05) is 12.1 Å². The van der Waals surface area contributed by atoms with Crippen LogP contribution < -0.4 is 4.74 Å². The van der Waals surface area contributed by atoms with E-state index in [-0.39, 0.29) is 18.2 Å². The first-order chi connectivity index (χ1) is 16.9. The van der Waals surface area contributed by atoms with Crippen molar-refractivity contribution in [2.75, 3.05) is 26.7 Å². The Bertz CT molecular complexity index is 1160. The van der Waals surface area contributed by atoms with Gasteiger partial charge in [-0.25, -0.2) is 8.78 Å². The van der Waals surface area contributed by atoms with Gasteiger partial charge in [0.25, 0.3) is 0 Å². The number of hydrogen-bond acceptors (Lipinski definition) is 4. The monoisotopic (exact) mass is 482 g/mol.